The summed E-state index contributed by atoms with van der Waals surface area (Å²) in [6, 6.07) is 3.79. The first-order chi connectivity index (χ1) is 8.41. The predicted octanol–water partition coefficient (Wildman–Crippen LogP) is 1.06. The van der Waals surface area contributed by atoms with Gasteiger partial charge in [-0.15, -0.1) is 0 Å². The molecule has 18 heavy (non-hydrogen) atoms. The fourth-order valence-electron chi connectivity index (χ4n) is 1.41. The largest absolute Gasteiger partial charge is 0.398 e. The second-order valence-electron chi connectivity index (χ2n) is 3.68. The van der Waals surface area contributed by atoms with Crippen molar-refractivity contribution in [2.45, 2.75) is 11.8 Å². The van der Waals surface area contributed by atoms with Gasteiger partial charge in [0, 0.05) is 20.2 Å². The zero-order chi connectivity index (χ0) is 13.8. The highest BCUT2D eigenvalue weighted by Crippen LogP contribution is 2.24. The van der Waals surface area contributed by atoms with Crippen molar-refractivity contribution in [1.82, 2.24) is 4.31 Å². The smallest absolute Gasteiger partial charge is 0.247 e. The number of hydrogen-bond acceptors (Lipinski definition) is 4. The Kier molecular flexibility index (Phi) is 5.06. The summed E-state index contributed by atoms with van der Waals surface area (Å²) in [5.41, 5.74) is 5.42. The van der Waals surface area contributed by atoms with Crippen LogP contribution in [0.3, 0.4) is 0 Å². The molecule has 0 aliphatic heterocycles. The number of nitrogens with two attached hydrogens (primary N) is 1. The molecule has 7 heteroatoms. The van der Waals surface area contributed by atoms with E-state index in [1.54, 1.807) is 0 Å². The number of likely N-dealkylation sites (N-methyl/N-ethyl adjacent to an activating group) is 1. The number of nitrogen functional groups attached to an aromatic ring is 1. The molecule has 0 amide bonds. The molecule has 0 unspecified atom stereocenters. The molecular formula is C11H17FN2O3S. The van der Waals surface area contributed by atoms with Crippen molar-refractivity contribution in [1.29, 1.82) is 0 Å². The Morgan fingerprint density at radius 1 is 1.44 bits per heavy atom. The van der Waals surface area contributed by atoms with Crippen LogP contribution in [0.4, 0.5) is 10.1 Å². The van der Waals surface area contributed by atoms with Gasteiger partial charge < -0.3 is 10.5 Å². The quantitative estimate of drug-likeness (QED) is 0.623. The van der Waals surface area contributed by atoms with E-state index in [0.717, 1.165) is 10.4 Å². The molecule has 0 spiro atoms. The Morgan fingerprint density at radius 2 is 2.11 bits per heavy atom. The first-order valence-electron chi connectivity index (χ1n) is 5.49. The number of nitrogens with zero attached hydrogens (tertiary/aromatic N) is 1. The van der Waals surface area contributed by atoms with E-state index in [1.807, 2.05) is 6.92 Å². The fraction of sp³-hybridized carbons (Fsp3) is 0.455. The van der Waals surface area contributed by atoms with Crippen molar-refractivity contribution in [2.24, 2.45) is 0 Å². The first-order valence-corrected chi connectivity index (χ1v) is 6.93. The van der Waals surface area contributed by atoms with Crippen LogP contribution in [-0.4, -0.2) is 39.5 Å². The molecule has 1 rings (SSSR count). The van der Waals surface area contributed by atoms with Crippen LogP contribution in [0.2, 0.25) is 0 Å². The normalized spacial score (nSPS) is 12.0. The van der Waals surface area contributed by atoms with Crippen molar-refractivity contribution in [3.05, 3.63) is 24.0 Å². The van der Waals surface area contributed by atoms with E-state index in [2.05, 4.69) is 0 Å². The number of benzene rings is 1. The maximum Gasteiger partial charge on any atom is 0.247 e. The van der Waals surface area contributed by atoms with Crippen molar-refractivity contribution >= 4 is 15.7 Å². The van der Waals surface area contributed by atoms with Crippen LogP contribution < -0.4 is 5.73 Å². The van der Waals surface area contributed by atoms with E-state index in [9.17, 15) is 12.8 Å². The fourth-order valence-corrected chi connectivity index (χ4v) is 2.72. The summed E-state index contributed by atoms with van der Waals surface area (Å²) in [6.07, 6.45) is 0. The zero-order valence-electron chi connectivity index (χ0n) is 10.4. The lowest BCUT2D eigenvalue weighted by atomic mass is 10.3. The van der Waals surface area contributed by atoms with Gasteiger partial charge in [0.25, 0.3) is 0 Å². The third-order valence-electron chi connectivity index (χ3n) is 2.42. The van der Waals surface area contributed by atoms with Crippen molar-refractivity contribution in [3.8, 4) is 0 Å². The summed E-state index contributed by atoms with van der Waals surface area (Å²) >= 11 is 0. The summed E-state index contributed by atoms with van der Waals surface area (Å²) in [5, 5.41) is 0. The predicted molar refractivity (Wildman–Crippen MR) is 67.1 cm³/mol. The van der Waals surface area contributed by atoms with E-state index >= 15 is 0 Å². The molecule has 0 radical (unpaired) electrons. The highest BCUT2D eigenvalue weighted by molar-refractivity contribution is 7.89. The summed E-state index contributed by atoms with van der Waals surface area (Å²) in [7, 11) is -2.57. The van der Waals surface area contributed by atoms with Gasteiger partial charge in [-0.05, 0) is 19.1 Å². The van der Waals surface area contributed by atoms with Gasteiger partial charge in [-0.3, -0.25) is 0 Å². The van der Waals surface area contributed by atoms with Gasteiger partial charge in [0.05, 0.1) is 12.3 Å². The average Bonchev–Trinajstić information content (AvgIpc) is 2.28. The van der Waals surface area contributed by atoms with Crippen molar-refractivity contribution < 1.29 is 17.5 Å². The van der Waals surface area contributed by atoms with Gasteiger partial charge in [-0.2, -0.15) is 4.31 Å². The van der Waals surface area contributed by atoms with Gasteiger partial charge in [0.15, 0.2) is 0 Å². The molecule has 0 saturated heterocycles. The highest BCUT2D eigenvalue weighted by atomic mass is 32.2. The summed E-state index contributed by atoms with van der Waals surface area (Å²) in [5.74, 6) is -0.849. The molecule has 0 atom stereocenters. The zero-order valence-corrected chi connectivity index (χ0v) is 11.2. The number of rotatable bonds is 6. The second-order valence-corrected chi connectivity index (χ2v) is 5.66. The minimum absolute atomic E-state index is 0.0988. The van der Waals surface area contributed by atoms with Gasteiger partial charge in [-0.25, -0.2) is 12.8 Å². The van der Waals surface area contributed by atoms with E-state index in [4.69, 9.17) is 10.5 Å². The molecule has 0 fully saturated rings. The third kappa shape index (κ3) is 3.18. The minimum Gasteiger partial charge on any atom is -0.398 e. The van der Waals surface area contributed by atoms with E-state index in [0.29, 0.717) is 6.61 Å². The van der Waals surface area contributed by atoms with Gasteiger partial charge in [-0.1, -0.05) is 6.07 Å². The van der Waals surface area contributed by atoms with Crippen molar-refractivity contribution in [3.63, 3.8) is 0 Å². The lowest BCUT2D eigenvalue weighted by Crippen LogP contribution is -2.31. The van der Waals surface area contributed by atoms with Crippen LogP contribution in [-0.2, 0) is 14.8 Å². The highest BCUT2D eigenvalue weighted by Gasteiger charge is 2.26. The molecule has 1 aromatic carbocycles. The van der Waals surface area contributed by atoms with Gasteiger partial charge >= 0.3 is 0 Å². The number of hydrogen-bond donors (Lipinski definition) is 1. The Morgan fingerprint density at radius 3 is 2.67 bits per heavy atom. The minimum atomic E-state index is -3.93. The van der Waals surface area contributed by atoms with Crippen LogP contribution in [0.15, 0.2) is 23.1 Å². The molecule has 5 nitrogen and oxygen atoms in total. The first kappa shape index (κ1) is 14.9. The molecule has 2 N–H and O–H groups in total. The molecular weight excluding hydrogens is 259 g/mol. The number of anilines is 1. The van der Waals surface area contributed by atoms with Crippen molar-refractivity contribution in [2.75, 3.05) is 32.5 Å². The Bertz CT molecular complexity index is 485. The lowest BCUT2D eigenvalue weighted by molar-refractivity contribution is 0.138. The molecule has 0 aromatic heterocycles. The Hall–Kier alpha value is -1.18. The SMILES string of the molecule is CCOCCN(C)S(=O)(=O)c1c(N)cccc1F. The third-order valence-corrected chi connectivity index (χ3v) is 4.37. The Balaban J connectivity index is 2.99. The molecule has 0 aliphatic rings. The molecule has 102 valence electrons. The molecule has 0 aliphatic carbocycles. The topological polar surface area (TPSA) is 72.6 Å². The number of ether oxygens (including phenoxy) is 1. The molecule has 0 bridgehead atoms. The van der Waals surface area contributed by atoms with Crippen LogP contribution in [0.1, 0.15) is 6.92 Å². The van der Waals surface area contributed by atoms with Crippen LogP contribution in [0.25, 0.3) is 0 Å². The number of sulfonamides is 1. The molecule has 1 aromatic rings. The maximum absolute atomic E-state index is 13.6. The van der Waals surface area contributed by atoms with Crippen LogP contribution >= 0.6 is 0 Å². The Labute approximate surface area is 106 Å². The summed E-state index contributed by atoms with van der Waals surface area (Å²) < 4.78 is 43.9. The van der Waals surface area contributed by atoms with Crippen LogP contribution in [0.5, 0.6) is 0 Å². The van der Waals surface area contributed by atoms with Gasteiger partial charge in [0.1, 0.15) is 10.7 Å². The van der Waals surface area contributed by atoms with E-state index in [-0.39, 0.29) is 18.8 Å². The van der Waals surface area contributed by atoms with E-state index in [1.165, 1.54) is 19.2 Å². The monoisotopic (exact) mass is 276 g/mol. The van der Waals surface area contributed by atoms with Crippen LogP contribution in [0, 0.1) is 5.82 Å². The van der Waals surface area contributed by atoms with Gasteiger partial charge in [0.2, 0.25) is 10.0 Å². The number of halogens is 1. The molecule has 0 saturated carbocycles. The van der Waals surface area contributed by atoms with E-state index < -0.39 is 20.7 Å². The standard InChI is InChI=1S/C11H17FN2O3S/c1-3-17-8-7-14(2)18(15,16)11-9(12)5-4-6-10(11)13/h4-6H,3,7-8,13H2,1-2H3. The second kappa shape index (κ2) is 6.12. The molecule has 0 heterocycles. The maximum atomic E-state index is 13.6. The average molecular weight is 276 g/mol. The summed E-state index contributed by atoms with van der Waals surface area (Å²) in [4.78, 5) is -0.482. The lowest BCUT2D eigenvalue weighted by Gasteiger charge is -2.18. The summed E-state index contributed by atoms with van der Waals surface area (Å²) in [6.45, 7) is 2.70.